The summed E-state index contributed by atoms with van der Waals surface area (Å²) in [4.78, 5) is 12.3. The predicted molar refractivity (Wildman–Crippen MR) is 63.6 cm³/mol. The summed E-state index contributed by atoms with van der Waals surface area (Å²) in [5.41, 5.74) is 5.61. The van der Waals surface area contributed by atoms with Crippen molar-refractivity contribution in [3.8, 4) is 0 Å². The Hall–Kier alpha value is -0.370. The van der Waals surface area contributed by atoms with Crippen molar-refractivity contribution < 1.29 is 4.79 Å². The van der Waals surface area contributed by atoms with Crippen molar-refractivity contribution in [2.24, 2.45) is 17.6 Å². The first kappa shape index (κ1) is 12.7. The van der Waals surface area contributed by atoms with E-state index in [4.69, 9.17) is 5.73 Å². The van der Waals surface area contributed by atoms with Crippen LogP contribution in [0.4, 0.5) is 0 Å². The van der Waals surface area contributed by atoms with Crippen LogP contribution in [0.25, 0.3) is 0 Å². The molecule has 2 heteroatoms. The van der Waals surface area contributed by atoms with Crippen LogP contribution in [0.1, 0.15) is 59.3 Å². The molecule has 1 fully saturated rings. The van der Waals surface area contributed by atoms with E-state index in [0.717, 1.165) is 31.6 Å². The summed E-state index contributed by atoms with van der Waals surface area (Å²) in [6.45, 7) is 6.32. The van der Waals surface area contributed by atoms with Gasteiger partial charge in [-0.3, -0.25) is 4.79 Å². The predicted octanol–water partition coefficient (Wildman–Crippen LogP) is 2.90. The van der Waals surface area contributed by atoms with E-state index < -0.39 is 5.54 Å². The van der Waals surface area contributed by atoms with Gasteiger partial charge in [-0.15, -0.1) is 0 Å². The van der Waals surface area contributed by atoms with Crippen molar-refractivity contribution in [2.75, 3.05) is 0 Å². The number of carbonyl (C=O) groups excluding carboxylic acids is 1. The monoisotopic (exact) mass is 211 g/mol. The molecule has 0 unspecified atom stereocenters. The largest absolute Gasteiger partial charge is 0.319 e. The molecule has 1 saturated carbocycles. The molecule has 1 rings (SSSR count). The summed E-state index contributed by atoms with van der Waals surface area (Å²) >= 11 is 0. The number of ketones is 1. The lowest BCUT2D eigenvalue weighted by Crippen LogP contribution is -2.50. The Balaban J connectivity index is 2.60. The second-order valence-electron chi connectivity index (χ2n) is 5.18. The maximum Gasteiger partial charge on any atom is 0.155 e. The third kappa shape index (κ3) is 2.81. The van der Waals surface area contributed by atoms with Crippen molar-refractivity contribution >= 4 is 5.78 Å². The van der Waals surface area contributed by atoms with E-state index >= 15 is 0 Å². The number of rotatable bonds is 4. The van der Waals surface area contributed by atoms with Gasteiger partial charge in [0.1, 0.15) is 0 Å². The molecule has 0 aromatic rings. The zero-order valence-corrected chi connectivity index (χ0v) is 10.4. The maximum absolute atomic E-state index is 12.3. The van der Waals surface area contributed by atoms with Crippen LogP contribution in [0, 0.1) is 11.8 Å². The fraction of sp³-hybridized carbons (Fsp3) is 0.923. The molecular formula is C13H25NO. The summed E-state index contributed by atoms with van der Waals surface area (Å²) in [5.74, 6) is 1.36. The lowest BCUT2D eigenvalue weighted by atomic mass is 9.74. The van der Waals surface area contributed by atoms with Gasteiger partial charge in [0.15, 0.2) is 5.78 Å². The second-order valence-corrected chi connectivity index (χ2v) is 5.18. The maximum atomic E-state index is 12.3. The molecule has 0 amide bonds. The van der Waals surface area contributed by atoms with Crippen LogP contribution < -0.4 is 5.73 Å². The molecule has 2 N–H and O–H groups in total. The van der Waals surface area contributed by atoms with E-state index in [-0.39, 0.29) is 5.92 Å². The fourth-order valence-corrected chi connectivity index (χ4v) is 2.53. The Kier molecular flexibility index (Phi) is 4.32. The van der Waals surface area contributed by atoms with Gasteiger partial charge in [0.25, 0.3) is 0 Å². The smallest absolute Gasteiger partial charge is 0.155 e. The number of nitrogens with two attached hydrogens (primary N) is 1. The van der Waals surface area contributed by atoms with Gasteiger partial charge in [-0.2, -0.15) is 0 Å². The molecule has 88 valence electrons. The van der Waals surface area contributed by atoms with E-state index in [1.807, 2.05) is 13.8 Å². The van der Waals surface area contributed by atoms with Crippen molar-refractivity contribution in [3.63, 3.8) is 0 Å². The molecule has 15 heavy (non-hydrogen) atoms. The first-order valence-corrected chi connectivity index (χ1v) is 6.36. The summed E-state index contributed by atoms with van der Waals surface area (Å²) < 4.78 is 0. The Morgan fingerprint density at radius 2 is 1.67 bits per heavy atom. The standard InChI is InChI=1S/C13H25NO/c1-4-13(14,5-2)12(15)11-8-6-10(3)7-9-11/h10-11H,4-9,14H2,1-3H3. The van der Waals surface area contributed by atoms with E-state index in [2.05, 4.69) is 6.92 Å². The molecule has 1 aliphatic carbocycles. The zero-order chi connectivity index (χ0) is 11.5. The van der Waals surface area contributed by atoms with Crippen molar-refractivity contribution in [3.05, 3.63) is 0 Å². The highest BCUT2D eigenvalue weighted by molar-refractivity contribution is 5.90. The number of hydrogen-bond donors (Lipinski definition) is 1. The van der Waals surface area contributed by atoms with Gasteiger partial charge in [-0.25, -0.2) is 0 Å². The van der Waals surface area contributed by atoms with E-state index in [1.165, 1.54) is 12.8 Å². The van der Waals surface area contributed by atoms with Crippen LogP contribution in [0.5, 0.6) is 0 Å². The molecule has 0 saturated heterocycles. The Labute approximate surface area is 93.6 Å². The molecular weight excluding hydrogens is 186 g/mol. The molecule has 0 aromatic heterocycles. The minimum absolute atomic E-state index is 0.242. The number of carbonyl (C=O) groups is 1. The molecule has 2 nitrogen and oxygen atoms in total. The highest BCUT2D eigenvalue weighted by Crippen LogP contribution is 2.32. The first-order valence-electron chi connectivity index (χ1n) is 6.36. The molecule has 0 bridgehead atoms. The van der Waals surface area contributed by atoms with Crippen LogP contribution >= 0.6 is 0 Å². The quantitative estimate of drug-likeness (QED) is 0.777. The van der Waals surface area contributed by atoms with E-state index in [0.29, 0.717) is 5.78 Å². The van der Waals surface area contributed by atoms with Crippen LogP contribution in [0.15, 0.2) is 0 Å². The minimum atomic E-state index is -0.550. The van der Waals surface area contributed by atoms with Gasteiger partial charge in [0.2, 0.25) is 0 Å². The molecule has 0 atom stereocenters. The lowest BCUT2D eigenvalue weighted by Gasteiger charge is -2.33. The summed E-state index contributed by atoms with van der Waals surface area (Å²) in [5, 5.41) is 0. The minimum Gasteiger partial charge on any atom is -0.319 e. The Morgan fingerprint density at radius 3 is 2.07 bits per heavy atom. The Morgan fingerprint density at radius 1 is 1.20 bits per heavy atom. The van der Waals surface area contributed by atoms with Gasteiger partial charge >= 0.3 is 0 Å². The van der Waals surface area contributed by atoms with Gasteiger partial charge in [0.05, 0.1) is 5.54 Å². The van der Waals surface area contributed by atoms with Crippen LogP contribution in [0.2, 0.25) is 0 Å². The highest BCUT2D eigenvalue weighted by atomic mass is 16.1. The normalized spacial score (nSPS) is 27.7. The molecule has 1 aliphatic rings. The highest BCUT2D eigenvalue weighted by Gasteiger charge is 2.36. The van der Waals surface area contributed by atoms with Crippen LogP contribution in [-0.2, 0) is 4.79 Å². The molecule has 0 aromatic carbocycles. The van der Waals surface area contributed by atoms with Gasteiger partial charge < -0.3 is 5.73 Å². The summed E-state index contributed by atoms with van der Waals surface area (Å²) in [6, 6.07) is 0. The van der Waals surface area contributed by atoms with Gasteiger partial charge in [0, 0.05) is 5.92 Å². The first-order chi connectivity index (χ1) is 7.03. The van der Waals surface area contributed by atoms with Crippen LogP contribution in [-0.4, -0.2) is 11.3 Å². The molecule has 0 aliphatic heterocycles. The van der Waals surface area contributed by atoms with E-state index in [1.54, 1.807) is 0 Å². The molecule has 0 radical (unpaired) electrons. The van der Waals surface area contributed by atoms with E-state index in [9.17, 15) is 4.79 Å². The average molecular weight is 211 g/mol. The number of hydrogen-bond acceptors (Lipinski definition) is 2. The SMILES string of the molecule is CCC(N)(CC)C(=O)C1CCC(C)CC1. The Bertz CT molecular complexity index is 213. The fourth-order valence-electron chi connectivity index (χ4n) is 2.53. The topological polar surface area (TPSA) is 43.1 Å². The summed E-state index contributed by atoms with van der Waals surface area (Å²) in [6.07, 6.45) is 6.04. The third-order valence-electron chi connectivity index (χ3n) is 4.14. The third-order valence-corrected chi connectivity index (χ3v) is 4.14. The van der Waals surface area contributed by atoms with Crippen LogP contribution in [0.3, 0.4) is 0 Å². The van der Waals surface area contributed by atoms with Crippen molar-refractivity contribution in [1.82, 2.24) is 0 Å². The van der Waals surface area contributed by atoms with Gasteiger partial charge in [-0.05, 0) is 31.6 Å². The summed E-state index contributed by atoms with van der Waals surface area (Å²) in [7, 11) is 0. The second kappa shape index (κ2) is 5.11. The average Bonchev–Trinajstić information content (AvgIpc) is 2.28. The molecule has 0 heterocycles. The number of Topliss-reactive ketones (excluding diaryl/α,β-unsaturated/α-hetero) is 1. The lowest BCUT2D eigenvalue weighted by molar-refractivity contribution is -0.129. The van der Waals surface area contributed by atoms with Crippen molar-refractivity contribution in [1.29, 1.82) is 0 Å². The van der Waals surface area contributed by atoms with Crippen molar-refractivity contribution in [2.45, 2.75) is 64.8 Å². The molecule has 0 spiro atoms. The zero-order valence-electron chi connectivity index (χ0n) is 10.4. The van der Waals surface area contributed by atoms with Gasteiger partial charge in [-0.1, -0.05) is 33.6 Å².